The van der Waals surface area contributed by atoms with Gasteiger partial charge in [0.05, 0.1) is 11.1 Å². The molecule has 20 heavy (non-hydrogen) atoms. The van der Waals surface area contributed by atoms with Crippen LogP contribution in [0.1, 0.15) is 18.4 Å². The fraction of sp³-hybridized carbons (Fsp3) is 0.462. The number of carbonyl (C=O) groups is 1. The van der Waals surface area contributed by atoms with Gasteiger partial charge in [-0.15, -0.1) is 0 Å². The minimum absolute atomic E-state index is 0.128. The first-order valence-corrected chi connectivity index (χ1v) is 7.42. The normalized spacial score (nSPS) is 21.8. The Morgan fingerprint density at radius 1 is 1.60 bits per heavy atom. The summed E-state index contributed by atoms with van der Waals surface area (Å²) < 4.78 is 12.2. The van der Waals surface area contributed by atoms with Gasteiger partial charge in [0, 0.05) is 4.47 Å². The highest BCUT2D eigenvalue weighted by Crippen LogP contribution is 2.32. The maximum absolute atomic E-state index is 11.4. The molecule has 1 aromatic rings. The van der Waals surface area contributed by atoms with Crippen molar-refractivity contribution in [2.45, 2.75) is 32.0 Å². The van der Waals surface area contributed by atoms with Gasteiger partial charge in [0.25, 0.3) is 5.91 Å². The molecule has 0 saturated carbocycles. The second-order valence-electron chi connectivity index (χ2n) is 4.68. The van der Waals surface area contributed by atoms with Crippen LogP contribution in [0.4, 0.5) is 0 Å². The van der Waals surface area contributed by atoms with Crippen molar-refractivity contribution in [3.8, 4) is 5.75 Å². The van der Waals surface area contributed by atoms with Crippen molar-refractivity contribution in [2.75, 3.05) is 6.61 Å². The average molecular weight is 364 g/mol. The Balaban J connectivity index is 1.92. The van der Waals surface area contributed by atoms with Crippen LogP contribution in [0.15, 0.2) is 16.6 Å². The molecule has 0 spiro atoms. The largest absolute Gasteiger partial charge is 0.489 e. The molecule has 0 bridgehead atoms. The molecule has 2 unspecified atom stereocenters. The van der Waals surface area contributed by atoms with Crippen molar-refractivity contribution in [3.05, 3.63) is 27.2 Å². The van der Waals surface area contributed by atoms with Crippen LogP contribution in [-0.4, -0.2) is 24.7 Å². The van der Waals surface area contributed by atoms with Crippen LogP contribution in [0.3, 0.4) is 0 Å². The maximum atomic E-state index is 11.4. The van der Waals surface area contributed by atoms with E-state index in [0.29, 0.717) is 23.8 Å². The summed E-state index contributed by atoms with van der Waals surface area (Å²) in [6.07, 6.45) is 0.779. The molecule has 5 nitrogen and oxygen atoms in total. The predicted molar refractivity (Wildman–Crippen MR) is 79.6 cm³/mol. The highest BCUT2D eigenvalue weighted by atomic mass is 79.9. The van der Waals surface area contributed by atoms with E-state index in [0.717, 1.165) is 16.5 Å². The molecule has 1 fully saturated rings. The van der Waals surface area contributed by atoms with Crippen LogP contribution < -0.4 is 16.0 Å². The maximum Gasteiger partial charge on any atom is 0.263 e. The Bertz CT molecular complexity index is 489. The molecule has 1 amide bonds. The number of hydrazine groups is 1. The number of aryl methyl sites for hydroxylation is 1. The number of nitrogens with one attached hydrogen (secondary N) is 1. The van der Waals surface area contributed by atoms with Crippen LogP contribution in [0.25, 0.3) is 0 Å². The molecule has 0 radical (unpaired) electrons. The number of nitrogens with two attached hydrogens (primary N) is 1. The van der Waals surface area contributed by atoms with Gasteiger partial charge in [-0.2, -0.15) is 0 Å². The number of amides is 1. The lowest BCUT2D eigenvalue weighted by molar-refractivity contribution is -0.132. The molecule has 1 aromatic carbocycles. The molecule has 0 aliphatic carbocycles. The smallest absolute Gasteiger partial charge is 0.263 e. The zero-order valence-electron chi connectivity index (χ0n) is 11.0. The third kappa shape index (κ3) is 3.63. The van der Waals surface area contributed by atoms with E-state index in [-0.39, 0.29) is 12.0 Å². The van der Waals surface area contributed by atoms with Crippen molar-refractivity contribution in [1.82, 2.24) is 5.43 Å². The highest BCUT2D eigenvalue weighted by Gasteiger charge is 2.30. The summed E-state index contributed by atoms with van der Waals surface area (Å²) in [5.74, 6) is 5.43. The molecule has 110 valence electrons. The van der Waals surface area contributed by atoms with Crippen molar-refractivity contribution < 1.29 is 14.3 Å². The van der Waals surface area contributed by atoms with E-state index in [2.05, 4.69) is 21.4 Å². The Hall–Kier alpha value is -0.820. The lowest BCUT2D eigenvalue weighted by Crippen LogP contribution is -2.39. The summed E-state index contributed by atoms with van der Waals surface area (Å²) in [6.45, 7) is 2.28. The van der Waals surface area contributed by atoms with Crippen LogP contribution >= 0.6 is 27.5 Å². The lowest BCUT2D eigenvalue weighted by atomic mass is 10.2. The van der Waals surface area contributed by atoms with Gasteiger partial charge >= 0.3 is 0 Å². The summed E-state index contributed by atoms with van der Waals surface area (Å²) in [5.41, 5.74) is 3.04. The van der Waals surface area contributed by atoms with Gasteiger partial charge in [0.15, 0.2) is 0 Å². The van der Waals surface area contributed by atoms with Gasteiger partial charge in [-0.05, 0) is 37.5 Å². The van der Waals surface area contributed by atoms with Gasteiger partial charge in [0.1, 0.15) is 18.5 Å². The first kappa shape index (κ1) is 15.6. The summed E-state index contributed by atoms with van der Waals surface area (Å²) >= 11 is 9.52. The number of ether oxygens (including phenoxy) is 2. The minimum atomic E-state index is -0.491. The number of carbonyl (C=O) groups excluding carboxylic acids is 1. The van der Waals surface area contributed by atoms with E-state index in [1.807, 2.05) is 13.0 Å². The number of hydrogen-bond donors (Lipinski definition) is 2. The van der Waals surface area contributed by atoms with Crippen LogP contribution in [-0.2, 0) is 9.53 Å². The third-order valence-corrected chi connectivity index (χ3v) is 3.89. The molecule has 1 saturated heterocycles. The fourth-order valence-electron chi connectivity index (χ4n) is 2.16. The SMILES string of the molecule is Cc1cc(Br)cc(Cl)c1OCC1CCC(C(=O)NN)O1. The molecule has 1 aliphatic heterocycles. The quantitative estimate of drug-likeness (QED) is 0.489. The Morgan fingerprint density at radius 2 is 2.35 bits per heavy atom. The summed E-state index contributed by atoms with van der Waals surface area (Å²) in [4.78, 5) is 11.4. The zero-order chi connectivity index (χ0) is 14.7. The number of halogens is 2. The fourth-order valence-corrected chi connectivity index (χ4v) is 3.19. The van der Waals surface area contributed by atoms with Crippen LogP contribution in [0.2, 0.25) is 5.02 Å². The van der Waals surface area contributed by atoms with E-state index in [4.69, 9.17) is 26.9 Å². The Labute approximate surface area is 130 Å². The molecule has 1 heterocycles. The van der Waals surface area contributed by atoms with Gasteiger partial charge in [-0.25, -0.2) is 5.84 Å². The number of rotatable bonds is 4. The van der Waals surface area contributed by atoms with E-state index in [1.165, 1.54) is 0 Å². The van der Waals surface area contributed by atoms with Gasteiger partial charge in [-0.1, -0.05) is 27.5 Å². The predicted octanol–water partition coefficient (Wildman–Crippen LogP) is 2.33. The molecule has 7 heteroatoms. The first-order valence-electron chi connectivity index (χ1n) is 6.25. The number of hydrogen-bond acceptors (Lipinski definition) is 4. The molecule has 2 atom stereocenters. The van der Waals surface area contributed by atoms with Crippen LogP contribution in [0.5, 0.6) is 5.75 Å². The average Bonchev–Trinajstić information content (AvgIpc) is 2.85. The van der Waals surface area contributed by atoms with E-state index >= 15 is 0 Å². The van der Waals surface area contributed by atoms with E-state index in [1.54, 1.807) is 6.07 Å². The Morgan fingerprint density at radius 3 is 3.00 bits per heavy atom. The van der Waals surface area contributed by atoms with Gasteiger partial charge in [0.2, 0.25) is 0 Å². The second kappa shape index (κ2) is 6.76. The van der Waals surface area contributed by atoms with Crippen molar-refractivity contribution in [3.63, 3.8) is 0 Å². The van der Waals surface area contributed by atoms with Crippen molar-refractivity contribution in [2.24, 2.45) is 5.84 Å². The summed E-state index contributed by atoms with van der Waals surface area (Å²) in [5, 5.41) is 0.547. The number of benzene rings is 1. The Kier molecular flexibility index (Phi) is 5.26. The first-order chi connectivity index (χ1) is 9.51. The second-order valence-corrected chi connectivity index (χ2v) is 6.00. The molecule has 1 aliphatic rings. The topological polar surface area (TPSA) is 73.6 Å². The molecular weight excluding hydrogens is 348 g/mol. The van der Waals surface area contributed by atoms with Crippen molar-refractivity contribution >= 4 is 33.4 Å². The van der Waals surface area contributed by atoms with Gasteiger partial charge < -0.3 is 9.47 Å². The monoisotopic (exact) mass is 362 g/mol. The third-order valence-electron chi connectivity index (χ3n) is 3.15. The molecule has 0 aromatic heterocycles. The summed E-state index contributed by atoms with van der Waals surface area (Å²) in [7, 11) is 0. The van der Waals surface area contributed by atoms with Gasteiger partial charge in [-0.3, -0.25) is 10.2 Å². The van der Waals surface area contributed by atoms with E-state index < -0.39 is 6.10 Å². The standard InChI is InChI=1S/C13H16BrClN2O3/c1-7-4-8(14)5-10(15)12(7)19-6-9-2-3-11(20-9)13(18)17-16/h4-5,9,11H,2-3,6,16H2,1H3,(H,17,18). The van der Waals surface area contributed by atoms with E-state index in [9.17, 15) is 4.79 Å². The lowest BCUT2D eigenvalue weighted by Gasteiger charge is -2.16. The van der Waals surface area contributed by atoms with Crippen molar-refractivity contribution in [1.29, 1.82) is 0 Å². The zero-order valence-corrected chi connectivity index (χ0v) is 13.3. The summed E-state index contributed by atoms with van der Waals surface area (Å²) in [6, 6.07) is 3.71. The molecule has 3 N–H and O–H groups in total. The van der Waals surface area contributed by atoms with Crippen LogP contribution in [0, 0.1) is 6.92 Å². The minimum Gasteiger partial charge on any atom is -0.489 e. The molecule has 2 rings (SSSR count). The molecular formula is C13H16BrClN2O3. The highest BCUT2D eigenvalue weighted by molar-refractivity contribution is 9.10.